The SMILES string of the molecule is CO/N=C(\C(=O)[O-])c1sccc1CBr. The van der Waals surface area contributed by atoms with Gasteiger partial charge in [0.15, 0.2) is 0 Å². The zero-order valence-corrected chi connectivity index (χ0v) is 9.72. The largest absolute Gasteiger partial charge is 0.543 e. The number of carbonyl (C=O) groups is 1. The van der Waals surface area contributed by atoms with Crippen molar-refractivity contribution >= 4 is 38.9 Å². The third kappa shape index (κ3) is 2.33. The van der Waals surface area contributed by atoms with E-state index in [4.69, 9.17) is 0 Å². The summed E-state index contributed by atoms with van der Waals surface area (Å²) >= 11 is 4.54. The minimum absolute atomic E-state index is 0.169. The van der Waals surface area contributed by atoms with Gasteiger partial charge in [-0.25, -0.2) is 0 Å². The van der Waals surface area contributed by atoms with Crippen LogP contribution in [0.15, 0.2) is 16.6 Å². The fourth-order valence-corrected chi connectivity index (χ4v) is 2.46. The molecule has 0 aliphatic carbocycles. The lowest BCUT2D eigenvalue weighted by atomic mass is 10.2. The number of carboxylic acid groups (broad SMARTS) is 1. The maximum absolute atomic E-state index is 10.7. The van der Waals surface area contributed by atoms with E-state index in [1.165, 1.54) is 18.4 Å². The molecule has 1 aromatic heterocycles. The Bertz CT molecular complexity index is 361. The Morgan fingerprint density at radius 1 is 1.79 bits per heavy atom. The van der Waals surface area contributed by atoms with E-state index in [0.29, 0.717) is 10.2 Å². The van der Waals surface area contributed by atoms with Crippen LogP contribution in [0.4, 0.5) is 0 Å². The number of rotatable bonds is 4. The molecule has 4 nitrogen and oxygen atoms in total. The van der Waals surface area contributed by atoms with Crippen LogP contribution in [0.1, 0.15) is 10.4 Å². The number of hydrogen-bond donors (Lipinski definition) is 0. The van der Waals surface area contributed by atoms with Gasteiger partial charge in [0.25, 0.3) is 0 Å². The quantitative estimate of drug-likeness (QED) is 0.463. The third-order valence-corrected chi connectivity index (χ3v) is 3.05. The zero-order valence-electron chi connectivity index (χ0n) is 7.32. The molecule has 14 heavy (non-hydrogen) atoms. The van der Waals surface area contributed by atoms with E-state index in [0.717, 1.165) is 5.56 Å². The van der Waals surface area contributed by atoms with E-state index < -0.39 is 5.97 Å². The molecule has 76 valence electrons. The van der Waals surface area contributed by atoms with E-state index in [2.05, 4.69) is 25.9 Å². The second-order valence-corrected chi connectivity index (χ2v) is 3.80. The summed E-state index contributed by atoms with van der Waals surface area (Å²) in [5, 5.41) is 16.5. The van der Waals surface area contributed by atoms with E-state index in [9.17, 15) is 9.90 Å². The molecule has 0 unspecified atom stereocenters. The first kappa shape index (κ1) is 11.2. The molecular formula is C8H7BrNO3S-. The van der Waals surface area contributed by atoms with Gasteiger partial charge in [0, 0.05) is 5.33 Å². The van der Waals surface area contributed by atoms with Crippen molar-refractivity contribution in [2.24, 2.45) is 5.16 Å². The van der Waals surface area contributed by atoms with Gasteiger partial charge in [-0.1, -0.05) is 21.1 Å². The highest BCUT2D eigenvalue weighted by molar-refractivity contribution is 9.08. The maximum atomic E-state index is 10.7. The lowest BCUT2D eigenvalue weighted by Gasteiger charge is -2.05. The summed E-state index contributed by atoms with van der Waals surface area (Å²) < 4.78 is 0. The molecule has 0 bridgehead atoms. The second kappa shape index (κ2) is 5.11. The Labute approximate surface area is 93.3 Å². The van der Waals surface area contributed by atoms with Crippen molar-refractivity contribution in [2.75, 3.05) is 7.11 Å². The van der Waals surface area contributed by atoms with E-state index >= 15 is 0 Å². The topological polar surface area (TPSA) is 61.7 Å². The highest BCUT2D eigenvalue weighted by Crippen LogP contribution is 2.20. The summed E-state index contributed by atoms with van der Waals surface area (Å²) in [5.74, 6) is -1.34. The van der Waals surface area contributed by atoms with Gasteiger partial charge in [-0.05, 0) is 17.0 Å². The van der Waals surface area contributed by atoms with Gasteiger partial charge in [0.1, 0.15) is 12.8 Å². The summed E-state index contributed by atoms with van der Waals surface area (Å²) in [4.78, 5) is 15.7. The predicted molar refractivity (Wildman–Crippen MR) is 55.5 cm³/mol. The predicted octanol–water partition coefficient (Wildman–Crippen LogP) is 0.743. The monoisotopic (exact) mass is 276 g/mol. The smallest absolute Gasteiger partial charge is 0.142 e. The number of thiophene rings is 1. The maximum Gasteiger partial charge on any atom is 0.142 e. The second-order valence-electron chi connectivity index (χ2n) is 2.32. The highest BCUT2D eigenvalue weighted by atomic mass is 79.9. The molecule has 0 saturated carbocycles. The van der Waals surface area contributed by atoms with Crippen molar-refractivity contribution in [3.05, 3.63) is 21.9 Å². The average molecular weight is 277 g/mol. The van der Waals surface area contributed by atoms with Crippen LogP contribution in [0.25, 0.3) is 0 Å². The van der Waals surface area contributed by atoms with Crippen LogP contribution in [0.3, 0.4) is 0 Å². The first-order chi connectivity index (χ1) is 6.70. The number of alkyl halides is 1. The van der Waals surface area contributed by atoms with Gasteiger partial charge in [-0.2, -0.15) is 0 Å². The van der Waals surface area contributed by atoms with Crippen LogP contribution < -0.4 is 5.11 Å². The third-order valence-electron chi connectivity index (χ3n) is 1.48. The van der Waals surface area contributed by atoms with Crippen LogP contribution in [-0.2, 0) is 15.0 Å². The zero-order chi connectivity index (χ0) is 10.6. The molecule has 6 heteroatoms. The summed E-state index contributed by atoms with van der Waals surface area (Å²) in [6.07, 6.45) is 0. The summed E-state index contributed by atoms with van der Waals surface area (Å²) in [7, 11) is 1.30. The van der Waals surface area contributed by atoms with E-state index in [-0.39, 0.29) is 5.71 Å². The molecule has 0 aliphatic heterocycles. The molecule has 0 spiro atoms. The number of carboxylic acids is 1. The molecule has 0 radical (unpaired) electrons. The molecule has 0 aromatic carbocycles. The number of halogens is 1. The van der Waals surface area contributed by atoms with Gasteiger partial charge in [-0.3, -0.25) is 0 Å². The molecular weight excluding hydrogens is 270 g/mol. The van der Waals surface area contributed by atoms with E-state index in [1.54, 1.807) is 5.38 Å². The van der Waals surface area contributed by atoms with E-state index in [1.807, 2.05) is 6.07 Å². The molecule has 0 atom stereocenters. The fourth-order valence-electron chi connectivity index (χ4n) is 0.911. The molecule has 0 saturated heterocycles. The highest BCUT2D eigenvalue weighted by Gasteiger charge is 2.12. The van der Waals surface area contributed by atoms with Crippen molar-refractivity contribution in [1.82, 2.24) is 0 Å². The summed E-state index contributed by atoms with van der Waals surface area (Å²) in [6.45, 7) is 0. The average Bonchev–Trinajstić information content (AvgIpc) is 2.61. The Balaban J connectivity index is 3.11. The van der Waals surface area contributed by atoms with Crippen LogP contribution in [-0.4, -0.2) is 18.8 Å². The minimum Gasteiger partial charge on any atom is -0.543 e. The molecule has 1 aromatic rings. The summed E-state index contributed by atoms with van der Waals surface area (Å²) in [6, 6.07) is 1.82. The Morgan fingerprint density at radius 3 is 3.00 bits per heavy atom. The molecule has 0 amide bonds. The van der Waals surface area contributed by atoms with Crippen molar-refractivity contribution in [3.63, 3.8) is 0 Å². The minimum atomic E-state index is -1.34. The van der Waals surface area contributed by atoms with Gasteiger partial charge < -0.3 is 14.7 Å². The van der Waals surface area contributed by atoms with Crippen molar-refractivity contribution in [2.45, 2.75) is 5.33 Å². The van der Waals surface area contributed by atoms with Gasteiger partial charge >= 0.3 is 0 Å². The molecule has 1 heterocycles. The Hall–Kier alpha value is -0.880. The molecule has 1 rings (SSSR count). The Morgan fingerprint density at radius 2 is 2.50 bits per heavy atom. The standard InChI is InChI=1S/C8H8BrNO3S/c1-13-10-6(8(11)12)7-5(4-9)2-3-14-7/h2-3H,4H2,1H3,(H,11,12)/p-1/b10-6-. The van der Waals surface area contributed by atoms with Gasteiger partial charge in [-0.15, -0.1) is 11.3 Å². The number of nitrogens with zero attached hydrogens (tertiary/aromatic N) is 1. The van der Waals surface area contributed by atoms with Crippen molar-refractivity contribution in [1.29, 1.82) is 0 Å². The lowest BCUT2D eigenvalue weighted by Crippen LogP contribution is -2.32. The molecule has 0 fully saturated rings. The fraction of sp³-hybridized carbons (Fsp3) is 0.250. The van der Waals surface area contributed by atoms with Crippen molar-refractivity contribution in [3.8, 4) is 0 Å². The van der Waals surface area contributed by atoms with Crippen LogP contribution in [0, 0.1) is 0 Å². The lowest BCUT2D eigenvalue weighted by molar-refractivity contribution is -0.294. The van der Waals surface area contributed by atoms with Gasteiger partial charge in [0.05, 0.1) is 10.8 Å². The van der Waals surface area contributed by atoms with Gasteiger partial charge in [0.2, 0.25) is 0 Å². The molecule has 0 aliphatic rings. The number of hydrogen-bond acceptors (Lipinski definition) is 5. The molecule has 0 N–H and O–H groups in total. The number of oxime groups is 1. The van der Waals surface area contributed by atoms with Crippen LogP contribution >= 0.6 is 27.3 Å². The van der Waals surface area contributed by atoms with Crippen LogP contribution in [0.2, 0.25) is 0 Å². The van der Waals surface area contributed by atoms with Crippen molar-refractivity contribution < 1.29 is 14.7 Å². The van der Waals surface area contributed by atoms with Crippen LogP contribution in [0.5, 0.6) is 0 Å². The normalized spacial score (nSPS) is 11.4. The summed E-state index contributed by atoms with van der Waals surface area (Å²) in [5.41, 5.74) is 0.687. The first-order valence-corrected chi connectivity index (χ1v) is 5.66. The first-order valence-electron chi connectivity index (χ1n) is 3.66. The Kier molecular flexibility index (Phi) is 4.09. The number of carbonyl (C=O) groups excluding carboxylic acids is 1. The number of aliphatic carboxylic acids is 1.